The van der Waals surface area contributed by atoms with Crippen molar-refractivity contribution in [3.8, 4) is 0 Å². The van der Waals surface area contributed by atoms with Crippen LogP contribution in [-0.4, -0.2) is 16.5 Å². The molecule has 24 heavy (non-hydrogen) atoms. The average molecular weight is 333 g/mol. The van der Waals surface area contributed by atoms with Crippen LogP contribution >= 0.6 is 0 Å². The van der Waals surface area contributed by atoms with E-state index in [1.54, 1.807) is 0 Å². The minimum atomic E-state index is -0.415. The Hall–Kier alpha value is -0.370. The summed E-state index contributed by atoms with van der Waals surface area (Å²) in [6.45, 7) is 6.34. The summed E-state index contributed by atoms with van der Waals surface area (Å²) in [4.78, 5) is 12.3. The molecule has 0 aliphatic heterocycles. The van der Waals surface area contributed by atoms with E-state index in [1.807, 2.05) is 13.8 Å². The highest BCUT2D eigenvalue weighted by Crippen LogP contribution is 2.63. The van der Waals surface area contributed by atoms with Crippen molar-refractivity contribution in [3.05, 3.63) is 0 Å². The number of rotatable bonds is 1. The van der Waals surface area contributed by atoms with Gasteiger partial charge in [-0.3, -0.25) is 4.79 Å². The van der Waals surface area contributed by atoms with E-state index in [2.05, 4.69) is 6.92 Å². The van der Waals surface area contributed by atoms with Crippen LogP contribution in [0.25, 0.3) is 0 Å². The van der Waals surface area contributed by atoms with Crippen LogP contribution in [0.1, 0.15) is 85.0 Å². The summed E-state index contributed by atoms with van der Waals surface area (Å²) in [7, 11) is 0. The van der Waals surface area contributed by atoms with Gasteiger partial charge in [-0.2, -0.15) is 0 Å². The van der Waals surface area contributed by atoms with Crippen LogP contribution in [0.5, 0.6) is 0 Å². The molecule has 4 fully saturated rings. The third-order valence-corrected chi connectivity index (χ3v) is 8.97. The maximum absolute atomic E-state index is 12.3. The van der Waals surface area contributed by atoms with Gasteiger partial charge < -0.3 is 5.11 Å². The Morgan fingerprint density at radius 3 is 2.42 bits per heavy atom. The average Bonchev–Trinajstić information content (AvgIpc) is 2.51. The van der Waals surface area contributed by atoms with Crippen molar-refractivity contribution in [2.75, 3.05) is 0 Å². The predicted molar refractivity (Wildman–Crippen MR) is 96.5 cm³/mol. The SMILES string of the molecule is CC(=O)C1CCC[C@H]2[C@@H]3CC[C@@H]4C[C@](C)(O)CC[C@@H]4[C@H]3CC[C@]12C. The molecule has 4 rings (SSSR count). The lowest BCUT2D eigenvalue weighted by molar-refractivity contribution is -0.146. The molecule has 0 aromatic heterocycles. The minimum Gasteiger partial charge on any atom is -0.390 e. The molecule has 136 valence electrons. The molecule has 0 aromatic rings. The van der Waals surface area contributed by atoms with Gasteiger partial charge in [-0.05, 0) is 107 Å². The fourth-order valence-corrected chi connectivity index (χ4v) is 7.95. The predicted octanol–water partition coefficient (Wildman–Crippen LogP) is 4.99. The Bertz CT molecular complexity index is 510. The fourth-order valence-electron chi connectivity index (χ4n) is 7.95. The summed E-state index contributed by atoms with van der Waals surface area (Å²) < 4.78 is 0. The molecule has 4 aliphatic rings. The van der Waals surface area contributed by atoms with Crippen LogP contribution in [0, 0.1) is 40.9 Å². The molecule has 0 saturated heterocycles. The van der Waals surface area contributed by atoms with Gasteiger partial charge in [0, 0.05) is 5.92 Å². The first-order valence-electron chi connectivity index (χ1n) is 10.5. The van der Waals surface area contributed by atoms with Crippen molar-refractivity contribution in [2.24, 2.45) is 40.9 Å². The van der Waals surface area contributed by atoms with Crippen LogP contribution in [-0.2, 0) is 4.79 Å². The zero-order valence-corrected chi connectivity index (χ0v) is 15.9. The number of Topliss-reactive ketones (excluding diaryl/α,β-unsaturated/α-hetero) is 1. The number of ketones is 1. The second kappa shape index (κ2) is 5.83. The van der Waals surface area contributed by atoms with Gasteiger partial charge >= 0.3 is 0 Å². The zero-order valence-electron chi connectivity index (χ0n) is 15.9. The zero-order chi connectivity index (χ0) is 17.1. The van der Waals surface area contributed by atoms with Gasteiger partial charge in [-0.15, -0.1) is 0 Å². The van der Waals surface area contributed by atoms with E-state index in [4.69, 9.17) is 0 Å². The normalized spacial score (nSPS) is 54.3. The third-order valence-electron chi connectivity index (χ3n) is 8.97. The number of hydrogen-bond donors (Lipinski definition) is 1. The van der Waals surface area contributed by atoms with Crippen molar-refractivity contribution in [2.45, 2.75) is 90.6 Å². The van der Waals surface area contributed by atoms with Crippen molar-refractivity contribution in [1.82, 2.24) is 0 Å². The van der Waals surface area contributed by atoms with Gasteiger partial charge in [0.25, 0.3) is 0 Å². The molecule has 8 atom stereocenters. The van der Waals surface area contributed by atoms with E-state index in [1.165, 1.54) is 44.9 Å². The molecular formula is C22H36O2. The molecule has 2 heteroatoms. The second-order valence-electron chi connectivity index (χ2n) is 10.3. The van der Waals surface area contributed by atoms with Gasteiger partial charge in [0.2, 0.25) is 0 Å². The highest BCUT2D eigenvalue weighted by Gasteiger charge is 2.56. The Balaban J connectivity index is 1.57. The Morgan fingerprint density at radius 1 is 0.917 bits per heavy atom. The van der Waals surface area contributed by atoms with E-state index >= 15 is 0 Å². The molecule has 0 amide bonds. The first-order chi connectivity index (χ1) is 11.3. The Labute approximate surface area is 147 Å². The maximum Gasteiger partial charge on any atom is 0.133 e. The van der Waals surface area contributed by atoms with Crippen molar-refractivity contribution < 1.29 is 9.90 Å². The summed E-state index contributed by atoms with van der Waals surface area (Å²) in [5.74, 6) is 4.89. The quantitative estimate of drug-likeness (QED) is 0.735. The largest absolute Gasteiger partial charge is 0.390 e. The highest BCUT2D eigenvalue weighted by molar-refractivity contribution is 5.79. The number of carbonyl (C=O) groups excluding carboxylic acids is 1. The van der Waals surface area contributed by atoms with Crippen LogP contribution in [0.15, 0.2) is 0 Å². The summed E-state index contributed by atoms with van der Waals surface area (Å²) in [5, 5.41) is 10.5. The third kappa shape index (κ3) is 2.59. The molecule has 2 nitrogen and oxygen atoms in total. The van der Waals surface area contributed by atoms with Crippen molar-refractivity contribution in [3.63, 3.8) is 0 Å². The van der Waals surface area contributed by atoms with Crippen molar-refractivity contribution >= 4 is 5.78 Å². The number of hydrogen-bond acceptors (Lipinski definition) is 2. The fraction of sp³-hybridized carbons (Fsp3) is 0.955. The van der Waals surface area contributed by atoms with E-state index in [0.29, 0.717) is 11.7 Å². The topological polar surface area (TPSA) is 37.3 Å². The number of fused-ring (bicyclic) bond motifs is 5. The molecule has 1 unspecified atom stereocenters. The maximum atomic E-state index is 12.3. The summed E-state index contributed by atoms with van der Waals surface area (Å²) in [6.07, 6.45) is 12.3. The highest BCUT2D eigenvalue weighted by atomic mass is 16.3. The van der Waals surface area contributed by atoms with E-state index in [9.17, 15) is 9.90 Å². The smallest absolute Gasteiger partial charge is 0.133 e. The van der Waals surface area contributed by atoms with Gasteiger partial charge in [-0.25, -0.2) is 0 Å². The summed E-state index contributed by atoms with van der Waals surface area (Å²) in [5.41, 5.74) is -0.139. The van der Waals surface area contributed by atoms with Gasteiger partial charge in [0.05, 0.1) is 5.60 Å². The van der Waals surface area contributed by atoms with E-state index in [0.717, 1.165) is 48.9 Å². The molecule has 1 N–H and O–H groups in total. The molecule has 4 saturated carbocycles. The first kappa shape index (κ1) is 17.1. The molecule has 0 spiro atoms. The van der Waals surface area contributed by atoms with Crippen molar-refractivity contribution in [1.29, 1.82) is 0 Å². The van der Waals surface area contributed by atoms with E-state index in [-0.39, 0.29) is 5.41 Å². The summed E-state index contributed by atoms with van der Waals surface area (Å²) >= 11 is 0. The molecular weight excluding hydrogens is 296 g/mol. The standard InChI is InChI=1S/C22H36O2/c1-14(23)19-5-4-6-20-18-8-7-15-13-21(2,24)11-9-16(15)17(18)10-12-22(19,20)3/h15-20,24H,4-13H2,1-3H3/t15-,16+,17-,18-,19?,20+,21-,22-/m1/s1. The summed E-state index contributed by atoms with van der Waals surface area (Å²) in [6, 6.07) is 0. The van der Waals surface area contributed by atoms with Crippen LogP contribution in [0.2, 0.25) is 0 Å². The minimum absolute atomic E-state index is 0.276. The molecule has 4 aliphatic carbocycles. The number of aliphatic hydroxyl groups is 1. The molecule has 0 aromatic carbocycles. The molecule has 0 heterocycles. The Morgan fingerprint density at radius 2 is 1.67 bits per heavy atom. The lowest BCUT2D eigenvalue weighted by Crippen LogP contribution is -2.54. The van der Waals surface area contributed by atoms with Crippen LogP contribution < -0.4 is 0 Å². The molecule has 0 radical (unpaired) electrons. The van der Waals surface area contributed by atoms with Gasteiger partial charge in [0.15, 0.2) is 0 Å². The van der Waals surface area contributed by atoms with Gasteiger partial charge in [0.1, 0.15) is 5.78 Å². The lowest BCUT2D eigenvalue weighted by Gasteiger charge is -2.60. The van der Waals surface area contributed by atoms with Crippen LogP contribution in [0.3, 0.4) is 0 Å². The first-order valence-corrected chi connectivity index (χ1v) is 10.5. The Kier molecular flexibility index (Phi) is 4.14. The van der Waals surface area contributed by atoms with Gasteiger partial charge in [-0.1, -0.05) is 13.3 Å². The monoisotopic (exact) mass is 332 g/mol. The van der Waals surface area contributed by atoms with Crippen LogP contribution in [0.4, 0.5) is 0 Å². The molecule has 0 bridgehead atoms. The van der Waals surface area contributed by atoms with E-state index < -0.39 is 5.60 Å². The second-order valence-corrected chi connectivity index (χ2v) is 10.3. The number of carbonyl (C=O) groups is 1. The lowest BCUT2D eigenvalue weighted by atomic mass is 9.44.